The summed E-state index contributed by atoms with van der Waals surface area (Å²) in [6, 6.07) is 12.4. The van der Waals surface area contributed by atoms with E-state index in [0.717, 1.165) is 21.6 Å². The van der Waals surface area contributed by atoms with Crippen LogP contribution in [0.25, 0.3) is 17.2 Å². The van der Waals surface area contributed by atoms with Crippen molar-refractivity contribution in [1.29, 1.82) is 0 Å². The normalized spacial score (nSPS) is 14.3. The Labute approximate surface area is 173 Å². The molecule has 2 aromatic carbocycles. The highest BCUT2D eigenvalue weighted by atomic mass is 32.2. The van der Waals surface area contributed by atoms with Gasteiger partial charge in [0.05, 0.1) is 14.2 Å². The topological polar surface area (TPSA) is 52.6 Å². The van der Waals surface area contributed by atoms with Gasteiger partial charge < -0.3 is 9.47 Å². The molecule has 0 amide bonds. The summed E-state index contributed by atoms with van der Waals surface area (Å²) < 4.78 is 23.7. The third kappa shape index (κ3) is 3.98. The zero-order valence-corrected chi connectivity index (χ0v) is 17.4. The van der Waals surface area contributed by atoms with Crippen molar-refractivity contribution in [3.8, 4) is 0 Å². The van der Waals surface area contributed by atoms with Crippen molar-refractivity contribution < 1.29 is 23.5 Å². The number of thioether (sulfide) groups is 1. The van der Waals surface area contributed by atoms with Gasteiger partial charge in [-0.2, -0.15) is 0 Å². The summed E-state index contributed by atoms with van der Waals surface area (Å²) >= 11 is 1.65. The van der Waals surface area contributed by atoms with Crippen LogP contribution in [-0.4, -0.2) is 32.4 Å². The maximum Gasteiger partial charge on any atom is 0.324 e. The molecule has 0 fully saturated rings. The molecule has 0 saturated carbocycles. The number of fused-ring (bicyclic) bond motifs is 1. The smallest absolute Gasteiger partial charge is 0.324 e. The van der Waals surface area contributed by atoms with Crippen LogP contribution in [0, 0.1) is 11.7 Å². The zero-order chi connectivity index (χ0) is 21.1. The Morgan fingerprint density at radius 1 is 1.00 bits per heavy atom. The van der Waals surface area contributed by atoms with E-state index in [2.05, 4.69) is 0 Å². The molecule has 4 nitrogen and oxygen atoms in total. The van der Waals surface area contributed by atoms with Gasteiger partial charge in [-0.05, 0) is 76.9 Å². The Bertz CT molecular complexity index is 1010. The monoisotopic (exact) mass is 412 g/mol. The van der Waals surface area contributed by atoms with E-state index in [9.17, 15) is 14.0 Å². The van der Waals surface area contributed by atoms with Crippen molar-refractivity contribution in [2.45, 2.75) is 11.8 Å². The summed E-state index contributed by atoms with van der Waals surface area (Å²) in [6.45, 7) is 1.81. The minimum Gasteiger partial charge on any atom is -0.468 e. The van der Waals surface area contributed by atoms with Gasteiger partial charge in [0.25, 0.3) is 0 Å². The van der Waals surface area contributed by atoms with E-state index in [-0.39, 0.29) is 0 Å². The number of hydrogen-bond donors (Lipinski definition) is 0. The number of ether oxygens (including phenoxy) is 2. The van der Waals surface area contributed by atoms with Crippen LogP contribution in [0.3, 0.4) is 0 Å². The lowest BCUT2D eigenvalue weighted by atomic mass is 9.92. The SMILES string of the molecule is COC(=O)C(C(=O)OC)C1=C(C)/C(=C/c2ccc(SC)cc2)c2ccc(F)cc21. The molecule has 3 rings (SSSR count). The number of hydrogen-bond acceptors (Lipinski definition) is 5. The molecule has 0 heterocycles. The fourth-order valence-corrected chi connectivity index (χ4v) is 3.92. The molecule has 150 valence electrons. The summed E-state index contributed by atoms with van der Waals surface area (Å²) in [7, 11) is 2.42. The second kappa shape index (κ2) is 8.66. The van der Waals surface area contributed by atoms with Gasteiger partial charge in [-0.25, -0.2) is 4.39 Å². The number of rotatable bonds is 5. The van der Waals surface area contributed by atoms with Gasteiger partial charge in [0.1, 0.15) is 5.82 Å². The lowest BCUT2D eigenvalue weighted by Crippen LogP contribution is -2.27. The minimum atomic E-state index is -1.28. The molecule has 1 aliphatic rings. The molecule has 0 radical (unpaired) electrons. The van der Waals surface area contributed by atoms with Gasteiger partial charge in [0.2, 0.25) is 0 Å². The molecule has 0 N–H and O–H groups in total. The van der Waals surface area contributed by atoms with Gasteiger partial charge in [0, 0.05) is 4.90 Å². The lowest BCUT2D eigenvalue weighted by Gasteiger charge is -2.16. The quantitative estimate of drug-likeness (QED) is 0.400. The number of carbonyl (C=O) groups excluding carboxylic acids is 2. The van der Waals surface area contributed by atoms with Gasteiger partial charge >= 0.3 is 11.9 Å². The Morgan fingerprint density at radius 3 is 2.17 bits per heavy atom. The number of methoxy groups -OCH3 is 2. The highest BCUT2D eigenvalue weighted by Crippen LogP contribution is 2.46. The Hall–Kier alpha value is -2.86. The Morgan fingerprint density at radius 2 is 1.62 bits per heavy atom. The Balaban J connectivity index is 2.21. The second-order valence-corrected chi connectivity index (χ2v) is 7.42. The third-order valence-corrected chi connectivity index (χ3v) is 5.70. The first-order valence-electron chi connectivity index (χ1n) is 8.94. The van der Waals surface area contributed by atoms with E-state index in [1.165, 1.54) is 26.4 Å². The molecule has 0 spiro atoms. The van der Waals surface area contributed by atoms with Crippen molar-refractivity contribution in [2.75, 3.05) is 20.5 Å². The van der Waals surface area contributed by atoms with Crippen LogP contribution in [0.15, 0.2) is 52.9 Å². The van der Waals surface area contributed by atoms with Crippen molar-refractivity contribution in [1.82, 2.24) is 0 Å². The molecule has 0 unspecified atom stereocenters. The molecule has 0 atom stereocenters. The van der Waals surface area contributed by atoms with Crippen LogP contribution < -0.4 is 0 Å². The molecular formula is C23H21FO4S. The van der Waals surface area contributed by atoms with Gasteiger partial charge in [-0.3, -0.25) is 9.59 Å². The highest BCUT2D eigenvalue weighted by molar-refractivity contribution is 7.98. The molecular weight excluding hydrogens is 391 g/mol. The van der Waals surface area contributed by atoms with Crippen molar-refractivity contribution in [2.24, 2.45) is 5.92 Å². The standard InChI is InChI=1S/C23H21FO4S/c1-13-18(11-14-5-8-16(29-4)9-6-14)17-10-7-15(24)12-19(17)20(13)21(22(25)27-2)23(26)28-3/h5-12,21H,1-4H3/b18-11-. The number of benzene rings is 2. The maximum atomic E-state index is 14.1. The number of allylic oxidation sites excluding steroid dienone is 2. The van der Waals surface area contributed by atoms with E-state index in [4.69, 9.17) is 9.47 Å². The fraction of sp³-hybridized carbons (Fsp3) is 0.217. The van der Waals surface area contributed by atoms with Crippen LogP contribution >= 0.6 is 11.8 Å². The minimum absolute atomic E-state index is 0.408. The molecule has 0 aliphatic heterocycles. The van der Waals surface area contributed by atoms with Crippen LogP contribution in [0.4, 0.5) is 4.39 Å². The average Bonchev–Trinajstić information content (AvgIpc) is 2.99. The first-order valence-corrected chi connectivity index (χ1v) is 10.2. The first kappa shape index (κ1) is 20.9. The number of esters is 2. The van der Waals surface area contributed by atoms with Gasteiger partial charge in [-0.15, -0.1) is 11.8 Å². The lowest BCUT2D eigenvalue weighted by molar-refractivity contribution is -0.155. The molecule has 0 aromatic heterocycles. The number of carbonyl (C=O) groups is 2. The molecule has 6 heteroatoms. The maximum absolute atomic E-state index is 14.1. The molecule has 0 saturated heterocycles. The number of halogens is 1. The van der Waals surface area contributed by atoms with Gasteiger partial charge in [0.15, 0.2) is 5.92 Å². The highest BCUT2D eigenvalue weighted by Gasteiger charge is 2.39. The van der Waals surface area contributed by atoms with E-state index in [0.29, 0.717) is 16.7 Å². The second-order valence-electron chi connectivity index (χ2n) is 6.54. The van der Waals surface area contributed by atoms with E-state index in [1.54, 1.807) is 17.8 Å². The summed E-state index contributed by atoms with van der Waals surface area (Å²) in [4.78, 5) is 25.9. The summed E-state index contributed by atoms with van der Waals surface area (Å²) in [5.74, 6) is -3.22. The molecule has 2 aromatic rings. The van der Waals surface area contributed by atoms with E-state index in [1.807, 2.05) is 43.5 Å². The molecule has 1 aliphatic carbocycles. The summed E-state index contributed by atoms with van der Waals surface area (Å²) in [6.07, 6.45) is 3.98. The van der Waals surface area contributed by atoms with Crippen molar-refractivity contribution in [3.05, 3.63) is 70.5 Å². The predicted octanol–water partition coefficient (Wildman–Crippen LogP) is 4.84. The van der Waals surface area contributed by atoms with Crippen molar-refractivity contribution >= 4 is 40.9 Å². The van der Waals surface area contributed by atoms with Crippen LogP contribution in [-0.2, 0) is 19.1 Å². The zero-order valence-electron chi connectivity index (χ0n) is 16.6. The van der Waals surface area contributed by atoms with E-state index < -0.39 is 23.7 Å². The average molecular weight is 412 g/mol. The molecule has 0 bridgehead atoms. The van der Waals surface area contributed by atoms with Gasteiger partial charge in [-0.1, -0.05) is 18.2 Å². The van der Waals surface area contributed by atoms with Crippen molar-refractivity contribution in [3.63, 3.8) is 0 Å². The fourth-order valence-electron chi connectivity index (χ4n) is 3.52. The van der Waals surface area contributed by atoms with Crippen LogP contribution in [0.2, 0.25) is 0 Å². The molecule has 29 heavy (non-hydrogen) atoms. The van der Waals surface area contributed by atoms with E-state index >= 15 is 0 Å². The summed E-state index contributed by atoms with van der Waals surface area (Å²) in [5, 5.41) is 0. The first-order chi connectivity index (χ1) is 13.9. The Kier molecular flexibility index (Phi) is 6.23. The third-order valence-electron chi connectivity index (χ3n) is 4.96. The predicted molar refractivity (Wildman–Crippen MR) is 113 cm³/mol. The largest absolute Gasteiger partial charge is 0.468 e. The van der Waals surface area contributed by atoms with Crippen LogP contribution in [0.1, 0.15) is 23.6 Å². The van der Waals surface area contributed by atoms with Crippen LogP contribution in [0.5, 0.6) is 0 Å². The summed E-state index contributed by atoms with van der Waals surface area (Å²) in [5.41, 5.74) is 4.15.